The molecular formula is C19H29N5O. The number of fused-ring (bicyclic) bond motifs is 2. The van der Waals surface area contributed by atoms with Gasteiger partial charge in [-0.15, -0.1) is 0 Å². The number of aryl methyl sites for hydroxylation is 1. The summed E-state index contributed by atoms with van der Waals surface area (Å²) in [6.07, 6.45) is 8.06. The van der Waals surface area contributed by atoms with E-state index in [4.69, 9.17) is 5.73 Å². The van der Waals surface area contributed by atoms with Gasteiger partial charge in [-0.3, -0.25) is 4.79 Å². The van der Waals surface area contributed by atoms with Gasteiger partial charge in [-0.2, -0.15) is 0 Å². The molecule has 1 aromatic rings. The molecule has 0 aromatic carbocycles. The number of nitrogens with one attached hydrogen (secondary N) is 1. The fourth-order valence-electron chi connectivity index (χ4n) is 5.03. The van der Waals surface area contributed by atoms with Crippen molar-refractivity contribution in [3.8, 4) is 0 Å². The molecule has 1 saturated heterocycles. The highest BCUT2D eigenvalue weighted by Crippen LogP contribution is 2.47. The monoisotopic (exact) mass is 343 g/mol. The summed E-state index contributed by atoms with van der Waals surface area (Å²) in [5.74, 6) is 2.35. The first-order valence-corrected chi connectivity index (χ1v) is 9.77. The van der Waals surface area contributed by atoms with Gasteiger partial charge in [-0.25, -0.2) is 9.97 Å². The summed E-state index contributed by atoms with van der Waals surface area (Å²) in [5.41, 5.74) is 7.39. The largest absolute Gasteiger partial charge is 0.356 e. The van der Waals surface area contributed by atoms with Gasteiger partial charge in [0.25, 0.3) is 0 Å². The Balaban J connectivity index is 1.31. The third-order valence-electron chi connectivity index (χ3n) is 6.52. The molecule has 136 valence electrons. The molecule has 2 heterocycles. The maximum Gasteiger partial charge on any atom is 0.225 e. The number of amides is 1. The van der Waals surface area contributed by atoms with Crippen molar-refractivity contribution < 1.29 is 4.79 Å². The smallest absolute Gasteiger partial charge is 0.225 e. The fourth-order valence-corrected chi connectivity index (χ4v) is 5.03. The maximum absolute atomic E-state index is 12.7. The molecule has 3 aliphatic rings. The first kappa shape index (κ1) is 16.8. The van der Waals surface area contributed by atoms with Crippen LogP contribution in [0.2, 0.25) is 0 Å². The number of carbonyl (C=O) groups excluding carboxylic acids is 1. The van der Waals surface area contributed by atoms with Gasteiger partial charge in [0.1, 0.15) is 12.1 Å². The van der Waals surface area contributed by atoms with Crippen LogP contribution in [0.25, 0.3) is 0 Å². The lowest BCUT2D eigenvalue weighted by Crippen LogP contribution is -2.51. The zero-order valence-electron chi connectivity index (χ0n) is 15.0. The molecule has 2 aliphatic carbocycles. The van der Waals surface area contributed by atoms with E-state index in [1.54, 1.807) is 6.33 Å². The Morgan fingerprint density at radius 1 is 1.24 bits per heavy atom. The third-order valence-corrected chi connectivity index (χ3v) is 6.52. The van der Waals surface area contributed by atoms with E-state index in [0.29, 0.717) is 11.8 Å². The molecular weight excluding hydrogens is 314 g/mol. The maximum atomic E-state index is 12.7. The Kier molecular flexibility index (Phi) is 4.63. The summed E-state index contributed by atoms with van der Waals surface area (Å²) >= 11 is 0. The van der Waals surface area contributed by atoms with Crippen molar-refractivity contribution in [3.63, 3.8) is 0 Å². The Morgan fingerprint density at radius 2 is 2.00 bits per heavy atom. The Hall–Kier alpha value is -1.69. The number of piperidine rings is 1. The first-order valence-electron chi connectivity index (χ1n) is 9.77. The predicted molar refractivity (Wildman–Crippen MR) is 97.1 cm³/mol. The van der Waals surface area contributed by atoms with Gasteiger partial charge < -0.3 is 16.0 Å². The lowest BCUT2D eigenvalue weighted by Gasteiger charge is -2.35. The fraction of sp³-hybridized carbons (Fsp3) is 0.737. The van der Waals surface area contributed by atoms with Crippen LogP contribution in [0.15, 0.2) is 12.4 Å². The lowest BCUT2D eigenvalue weighted by atomic mass is 9.84. The molecule has 0 spiro atoms. The zero-order valence-corrected chi connectivity index (χ0v) is 15.0. The molecule has 0 radical (unpaired) electrons. The van der Waals surface area contributed by atoms with Gasteiger partial charge in [-0.1, -0.05) is 6.92 Å². The molecule has 6 heteroatoms. The highest BCUT2D eigenvalue weighted by molar-refractivity contribution is 5.80. The van der Waals surface area contributed by atoms with Crippen LogP contribution in [0.5, 0.6) is 0 Å². The van der Waals surface area contributed by atoms with E-state index >= 15 is 0 Å². The van der Waals surface area contributed by atoms with Crippen LogP contribution in [-0.4, -0.2) is 41.0 Å². The number of aromatic nitrogens is 2. The van der Waals surface area contributed by atoms with Crippen molar-refractivity contribution in [3.05, 3.63) is 18.1 Å². The minimum atomic E-state index is 0.0470. The average molecular weight is 343 g/mol. The van der Waals surface area contributed by atoms with E-state index in [1.807, 2.05) is 0 Å². The number of nitrogens with two attached hydrogens (primary N) is 1. The Bertz CT molecular complexity index is 626. The SMILES string of the molecule is CCc1cc(N2CCC(NC(=O)C3C4CCC(C4)C3N)CC2)ncn1. The molecule has 4 rings (SSSR count). The number of carbonyl (C=O) groups is 1. The summed E-state index contributed by atoms with van der Waals surface area (Å²) in [6, 6.07) is 2.42. The summed E-state index contributed by atoms with van der Waals surface area (Å²) in [5, 5.41) is 3.29. The molecule has 1 aliphatic heterocycles. The topological polar surface area (TPSA) is 84.1 Å². The predicted octanol–water partition coefficient (Wildman–Crippen LogP) is 1.50. The van der Waals surface area contributed by atoms with Gasteiger partial charge in [0.2, 0.25) is 5.91 Å². The molecule has 3 fully saturated rings. The van der Waals surface area contributed by atoms with Gasteiger partial charge in [0, 0.05) is 36.9 Å². The van der Waals surface area contributed by atoms with Crippen molar-refractivity contribution in [2.75, 3.05) is 18.0 Å². The van der Waals surface area contributed by atoms with E-state index in [1.165, 1.54) is 12.8 Å². The van der Waals surface area contributed by atoms with Crippen LogP contribution in [0, 0.1) is 17.8 Å². The molecule has 3 N–H and O–H groups in total. The molecule has 1 amide bonds. The quantitative estimate of drug-likeness (QED) is 0.865. The van der Waals surface area contributed by atoms with Crippen LogP contribution < -0.4 is 16.0 Å². The molecule has 25 heavy (non-hydrogen) atoms. The van der Waals surface area contributed by atoms with Crippen molar-refractivity contribution in [1.29, 1.82) is 0 Å². The van der Waals surface area contributed by atoms with E-state index in [9.17, 15) is 4.79 Å². The second-order valence-electron chi connectivity index (χ2n) is 7.93. The van der Waals surface area contributed by atoms with Crippen molar-refractivity contribution in [1.82, 2.24) is 15.3 Å². The number of nitrogens with zero attached hydrogens (tertiary/aromatic N) is 3. The van der Waals surface area contributed by atoms with E-state index in [-0.39, 0.29) is 23.9 Å². The average Bonchev–Trinajstić information content (AvgIpc) is 3.23. The molecule has 2 saturated carbocycles. The normalized spacial score (nSPS) is 32.2. The van der Waals surface area contributed by atoms with E-state index in [2.05, 4.69) is 33.2 Å². The number of rotatable bonds is 4. The number of anilines is 1. The number of hydrogen-bond acceptors (Lipinski definition) is 5. The van der Waals surface area contributed by atoms with Crippen LogP contribution in [0.3, 0.4) is 0 Å². The highest BCUT2D eigenvalue weighted by atomic mass is 16.2. The second-order valence-corrected chi connectivity index (χ2v) is 7.93. The Morgan fingerprint density at radius 3 is 2.68 bits per heavy atom. The molecule has 1 aromatic heterocycles. The van der Waals surface area contributed by atoms with Crippen molar-refractivity contribution in [2.24, 2.45) is 23.5 Å². The molecule has 2 bridgehead atoms. The van der Waals surface area contributed by atoms with Gasteiger partial charge in [0.05, 0.1) is 5.92 Å². The minimum Gasteiger partial charge on any atom is -0.356 e. The van der Waals surface area contributed by atoms with Gasteiger partial charge in [-0.05, 0) is 50.4 Å². The molecule has 4 atom stereocenters. The number of hydrogen-bond donors (Lipinski definition) is 2. The highest BCUT2D eigenvalue weighted by Gasteiger charge is 2.49. The zero-order chi connectivity index (χ0) is 17.4. The van der Waals surface area contributed by atoms with Gasteiger partial charge >= 0.3 is 0 Å². The first-order chi connectivity index (χ1) is 12.2. The lowest BCUT2D eigenvalue weighted by molar-refractivity contribution is -0.127. The van der Waals surface area contributed by atoms with Gasteiger partial charge in [0.15, 0.2) is 0 Å². The van der Waals surface area contributed by atoms with Crippen LogP contribution in [0.1, 0.15) is 44.7 Å². The minimum absolute atomic E-state index is 0.0470. The summed E-state index contributed by atoms with van der Waals surface area (Å²) in [6.45, 7) is 3.95. The summed E-state index contributed by atoms with van der Waals surface area (Å²) in [7, 11) is 0. The second kappa shape index (κ2) is 6.90. The van der Waals surface area contributed by atoms with Crippen LogP contribution >= 0.6 is 0 Å². The Labute approximate surface area is 149 Å². The van der Waals surface area contributed by atoms with Crippen LogP contribution in [0.4, 0.5) is 5.82 Å². The molecule has 6 nitrogen and oxygen atoms in total. The standard InChI is InChI=1S/C19H29N5O/c1-2-14-10-16(22-11-21-14)24-7-5-15(6-8-24)23-19(25)17-12-3-4-13(9-12)18(17)20/h10-13,15,17-18H,2-9,20H2,1H3,(H,23,25). The summed E-state index contributed by atoms with van der Waals surface area (Å²) < 4.78 is 0. The van der Waals surface area contributed by atoms with Crippen molar-refractivity contribution >= 4 is 11.7 Å². The summed E-state index contributed by atoms with van der Waals surface area (Å²) in [4.78, 5) is 23.7. The molecule has 4 unspecified atom stereocenters. The van der Waals surface area contributed by atoms with Crippen molar-refractivity contribution in [2.45, 2.75) is 57.5 Å². The van der Waals surface area contributed by atoms with Crippen LogP contribution in [-0.2, 0) is 11.2 Å². The van der Waals surface area contributed by atoms with E-state index < -0.39 is 0 Å². The third kappa shape index (κ3) is 3.24. The van der Waals surface area contributed by atoms with E-state index in [0.717, 1.165) is 50.3 Å².